The molecular formula is C26H20FNO3. The number of benzene rings is 3. The number of carbonyl (C=O) groups excluding carboxylic acids is 1. The van der Waals surface area contributed by atoms with Crippen LogP contribution in [0.15, 0.2) is 72.6 Å². The topological polar surface area (TPSA) is 40.5 Å². The van der Waals surface area contributed by atoms with Gasteiger partial charge in [-0.2, -0.15) is 0 Å². The molecule has 5 heteroatoms. The van der Waals surface area contributed by atoms with E-state index in [1.807, 2.05) is 49.0 Å². The molecule has 0 spiro atoms. The van der Waals surface area contributed by atoms with Crippen molar-refractivity contribution in [1.29, 1.82) is 0 Å². The second-order valence-electron chi connectivity index (χ2n) is 7.65. The van der Waals surface area contributed by atoms with Gasteiger partial charge in [-0.15, -0.1) is 0 Å². The molecule has 0 atom stereocenters. The van der Waals surface area contributed by atoms with E-state index in [0.717, 1.165) is 22.0 Å². The molecule has 0 N–H and O–H groups in total. The number of halogens is 1. The van der Waals surface area contributed by atoms with E-state index >= 15 is 0 Å². The molecule has 0 saturated heterocycles. The molecule has 1 aliphatic heterocycles. The first kappa shape index (κ1) is 19.1. The van der Waals surface area contributed by atoms with Crippen molar-refractivity contribution in [2.45, 2.75) is 13.5 Å². The van der Waals surface area contributed by atoms with Crippen LogP contribution in [0.25, 0.3) is 17.0 Å². The van der Waals surface area contributed by atoms with E-state index in [9.17, 15) is 9.18 Å². The monoisotopic (exact) mass is 413 g/mol. The number of aryl methyl sites for hydroxylation is 2. The molecule has 1 aliphatic rings. The summed E-state index contributed by atoms with van der Waals surface area (Å²) < 4.78 is 27.6. The van der Waals surface area contributed by atoms with Crippen LogP contribution in [0.4, 0.5) is 4.39 Å². The second-order valence-corrected chi connectivity index (χ2v) is 7.65. The van der Waals surface area contributed by atoms with E-state index in [1.54, 1.807) is 36.4 Å². The number of para-hydroxylation sites is 1. The van der Waals surface area contributed by atoms with Gasteiger partial charge < -0.3 is 14.0 Å². The summed E-state index contributed by atoms with van der Waals surface area (Å²) in [6, 6.07) is 18.0. The van der Waals surface area contributed by atoms with Crippen molar-refractivity contribution in [3.8, 4) is 11.5 Å². The summed E-state index contributed by atoms with van der Waals surface area (Å²) in [4.78, 5) is 13.0. The Balaban J connectivity index is 1.44. The number of rotatable bonds is 4. The fourth-order valence-corrected chi connectivity index (χ4v) is 3.97. The van der Waals surface area contributed by atoms with Gasteiger partial charge in [0.05, 0.1) is 5.56 Å². The first-order valence-corrected chi connectivity index (χ1v) is 10.0. The largest absolute Gasteiger partial charge is 0.489 e. The highest BCUT2D eigenvalue weighted by Gasteiger charge is 2.30. The second kappa shape index (κ2) is 7.43. The van der Waals surface area contributed by atoms with Crippen LogP contribution < -0.4 is 9.47 Å². The number of ether oxygens (including phenoxy) is 2. The minimum atomic E-state index is -0.313. The van der Waals surface area contributed by atoms with E-state index in [1.165, 1.54) is 6.07 Å². The zero-order valence-corrected chi connectivity index (χ0v) is 17.2. The van der Waals surface area contributed by atoms with Gasteiger partial charge in [-0.3, -0.25) is 4.79 Å². The lowest BCUT2D eigenvalue weighted by Crippen LogP contribution is -2.00. The van der Waals surface area contributed by atoms with Crippen molar-refractivity contribution in [2.75, 3.05) is 0 Å². The Bertz CT molecular complexity index is 1370. The molecule has 4 aromatic rings. The van der Waals surface area contributed by atoms with Crippen LogP contribution >= 0.6 is 0 Å². The number of aromatic nitrogens is 1. The highest BCUT2D eigenvalue weighted by molar-refractivity contribution is 6.16. The molecule has 0 bridgehead atoms. The molecule has 5 rings (SSSR count). The molecule has 0 radical (unpaired) electrons. The molecule has 1 aromatic heterocycles. The molecule has 0 unspecified atom stereocenters. The average molecular weight is 413 g/mol. The molecule has 4 nitrogen and oxygen atoms in total. The van der Waals surface area contributed by atoms with E-state index in [4.69, 9.17) is 9.47 Å². The maximum absolute atomic E-state index is 13.9. The Labute approximate surface area is 179 Å². The molecule has 2 heterocycles. The third kappa shape index (κ3) is 3.38. The lowest BCUT2D eigenvalue weighted by molar-refractivity contribution is 0.101. The summed E-state index contributed by atoms with van der Waals surface area (Å²) in [6.45, 7) is 1.94. The van der Waals surface area contributed by atoms with Gasteiger partial charge in [-0.25, -0.2) is 4.39 Å². The summed E-state index contributed by atoms with van der Waals surface area (Å²) in [5, 5.41) is 1.05. The van der Waals surface area contributed by atoms with E-state index < -0.39 is 0 Å². The van der Waals surface area contributed by atoms with Crippen molar-refractivity contribution in [3.05, 3.63) is 101 Å². The highest BCUT2D eigenvalue weighted by Crippen LogP contribution is 2.38. The lowest BCUT2D eigenvalue weighted by Gasteiger charge is -2.09. The number of Topliss-reactive ketones (excluding diaryl/α,β-unsaturated/α-hetero) is 1. The SMILES string of the molecule is Cc1cc(OCc2ccccc2F)cc2c1C(=O)/C(=C/c1cn(C)c3ccccc13)O2. The number of fused-ring (bicyclic) bond motifs is 2. The summed E-state index contributed by atoms with van der Waals surface area (Å²) in [6.07, 6.45) is 3.76. The van der Waals surface area contributed by atoms with Crippen LogP contribution in [0.3, 0.4) is 0 Å². The fourth-order valence-electron chi connectivity index (χ4n) is 3.97. The summed E-state index contributed by atoms with van der Waals surface area (Å²) in [7, 11) is 1.97. The highest BCUT2D eigenvalue weighted by atomic mass is 19.1. The minimum Gasteiger partial charge on any atom is -0.489 e. The van der Waals surface area contributed by atoms with E-state index in [0.29, 0.717) is 22.6 Å². The van der Waals surface area contributed by atoms with Crippen molar-refractivity contribution in [2.24, 2.45) is 7.05 Å². The third-order valence-electron chi connectivity index (χ3n) is 5.51. The maximum Gasteiger partial charge on any atom is 0.232 e. The standard InChI is InChI=1S/C26H20FNO3/c1-16-11-19(30-15-17-7-3-5-9-21(17)27)13-23-25(16)26(29)24(31-23)12-18-14-28(2)22-10-6-4-8-20(18)22/h3-14H,15H2,1-2H3/b24-12-. The van der Waals surface area contributed by atoms with Crippen LogP contribution in [0.1, 0.15) is 27.0 Å². The van der Waals surface area contributed by atoms with Crippen LogP contribution in [-0.2, 0) is 13.7 Å². The van der Waals surface area contributed by atoms with Gasteiger partial charge in [0.15, 0.2) is 5.76 Å². The van der Waals surface area contributed by atoms with Crippen molar-refractivity contribution in [1.82, 2.24) is 4.57 Å². The zero-order valence-electron chi connectivity index (χ0n) is 17.2. The molecule has 31 heavy (non-hydrogen) atoms. The Morgan fingerprint density at radius 1 is 1.10 bits per heavy atom. The number of ketones is 1. The van der Waals surface area contributed by atoms with Gasteiger partial charge >= 0.3 is 0 Å². The van der Waals surface area contributed by atoms with Gasteiger partial charge in [0.2, 0.25) is 5.78 Å². The Kier molecular flexibility index (Phi) is 4.59. The molecule has 154 valence electrons. The van der Waals surface area contributed by atoms with Crippen LogP contribution in [-0.4, -0.2) is 10.4 Å². The summed E-state index contributed by atoms with van der Waals surface area (Å²) in [5.41, 5.74) is 3.76. The third-order valence-corrected chi connectivity index (χ3v) is 5.51. The Hall–Kier alpha value is -3.86. The number of allylic oxidation sites excluding steroid dienone is 1. The van der Waals surface area contributed by atoms with E-state index in [2.05, 4.69) is 0 Å². The molecular weight excluding hydrogens is 393 g/mol. The predicted octanol–water partition coefficient (Wildman–Crippen LogP) is 5.82. The number of carbonyl (C=O) groups is 1. The fraction of sp³-hybridized carbons (Fsp3) is 0.115. The molecule has 0 fully saturated rings. The summed E-state index contributed by atoms with van der Waals surface area (Å²) >= 11 is 0. The number of nitrogens with zero attached hydrogens (tertiary/aromatic N) is 1. The van der Waals surface area contributed by atoms with Gasteiger partial charge in [0, 0.05) is 41.3 Å². The molecule has 0 amide bonds. The Morgan fingerprint density at radius 2 is 1.87 bits per heavy atom. The Morgan fingerprint density at radius 3 is 2.71 bits per heavy atom. The molecule has 0 saturated carbocycles. The first-order chi connectivity index (χ1) is 15.0. The van der Waals surface area contributed by atoms with Gasteiger partial charge in [0.25, 0.3) is 0 Å². The van der Waals surface area contributed by atoms with Gasteiger partial charge in [0.1, 0.15) is 23.9 Å². The van der Waals surface area contributed by atoms with Gasteiger partial charge in [-0.1, -0.05) is 36.4 Å². The smallest absolute Gasteiger partial charge is 0.232 e. The predicted molar refractivity (Wildman–Crippen MR) is 118 cm³/mol. The average Bonchev–Trinajstić information content (AvgIpc) is 3.25. The van der Waals surface area contributed by atoms with Crippen molar-refractivity contribution < 1.29 is 18.7 Å². The van der Waals surface area contributed by atoms with Crippen LogP contribution in [0, 0.1) is 12.7 Å². The van der Waals surface area contributed by atoms with E-state index in [-0.39, 0.29) is 24.0 Å². The first-order valence-electron chi connectivity index (χ1n) is 10.0. The van der Waals surface area contributed by atoms with Crippen molar-refractivity contribution >= 4 is 22.8 Å². The van der Waals surface area contributed by atoms with Gasteiger partial charge in [-0.05, 0) is 36.8 Å². The minimum absolute atomic E-state index is 0.0948. The number of hydrogen-bond donors (Lipinski definition) is 0. The lowest BCUT2D eigenvalue weighted by atomic mass is 10.0. The molecule has 3 aromatic carbocycles. The quantitative estimate of drug-likeness (QED) is 0.396. The van der Waals surface area contributed by atoms with Crippen molar-refractivity contribution in [3.63, 3.8) is 0 Å². The zero-order chi connectivity index (χ0) is 21.5. The summed E-state index contributed by atoms with van der Waals surface area (Å²) in [5.74, 6) is 0.799. The van der Waals surface area contributed by atoms with Crippen LogP contribution in [0.5, 0.6) is 11.5 Å². The van der Waals surface area contributed by atoms with Crippen LogP contribution in [0.2, 0.25) is 0 Å². The molecule has 0 aliphatic carbocycles. The maximum atomic E-state index is 13.9. The normalized spacial score (nSPS) is 14.2. The number of hydrogen-bond acceptors (Lipinski definition) is 3.